The third-order valence-corrected chi connectivity index (χ3v) is 4.79. The molecule has 0 aromatic heterocycles. The van der Waals surface area contributed by atoms with E-state index in [-0.39, 0.29) is 5.75 Å². The number of rotatable bonds is 5. The maximum atomic E-state index is 12.4. The molecular formula is C18H13NO5S. The van der Waals surface area contributed by atoms with E-state index in [4.69, 9.17) is 4.18 Å². The van der Waals surface area contributed by atoms with E-state index < -0.39 is 25.6 Å². The molecule has 0 spiro atoms. The fourth-order valence-electron chi connectivity index (χ4n) is 2.32. The normalized spacial score (nSPS) is 11.0. The van der Waals surface area contributed by atoms with Crippen molar-refractivity contribution in [1.29, 1.82) is 0 Å². The summed E-state index contributed by atoms with van der Waals surface area (Å²) in [7, 11) is -4.31. The van der Waals surface area contributed by atoms with Gasteiger partial charge in [-0.05, 0) is 29.3 Å². The van der Waals surface area contributed by atoms with Crippen LogP contribution >= 0.6 is 0 Å². The number of hydrogen-bond acceptors (Lipinski definition) is 5. The number of hydrogen-bond donors (Lipinski definition) is 0. The van der Waals surface area contributed by atoms with Gasteiger partial charge in [0.25, 0.3) is 5.69 Å². The molecule has 0 aliphatic heterocycles. The van der Waals surface area contributed by atoms with Crippen molar-refractivity contribution in [1.82, 2.24) is 0 Å². The predicted octanol–water partition coefficient (Wildman–Crippen LogP) is 4.03. The molecule has 0 heterocycles. The highest BCUT2D eigenvalue weighted by Crippen LogP contribution is 2.28. The fourth-order valence-corrected chi connectivity index (χ4v) is 3.42. The van der Waals surface area contributed by atoms with Crippen LogP contribution in [0.15, 0.2) is 83.8 Å². The zero-order valence-electron chi connectivity index (χ0n) is 12.9. The highest BCUT2D eigenvalue weighted by molar-refractivity contribution is 7.87. The Hall–Kier alpha value is -3.19. The SMILES string of the molecule is O=[N+]([O-])c1ccccc1S(=O)(=O)Oc1ccc(-c2ccccc2)cc1. The van der Waals surface area contributed by atoms with E-state index in [0.29, 0.717) is 0 Å². The second-order valence-electron chi connectivity index (χ2n) is 5.15. The zero-order valence-corrected chi connectivity index (χ0v) is 13.7. The van der Waals surface area contributed by atoms with Gasteiger partial charge in [0.2, 0.25) is 0 Å². The summed E-state index contributed by atoms with van der Waals surface area (Å²) in [6, 6.07) is 21.1. The number of para-hydroxylation sites is 1. The van der Waals surface area contributed by atoms with Crippen LogP contribution < -0.4 is 4.18 Å². The van der Waals surface area contributed by atoms with Gasteiger partial charge in [0, 0.05) is 6.07 Å². The van der Waals surface area contributed by atoms with E-state index in [1.807, 2.05) is 30.3 Å². The number of nitro groups is 1. The van der Waals surface area contributed by atoms with Gasteiger partial charge in [-0.2, -0.15) is 8.42 Å². The van der Waals surface area contributed by atoms with Crippen LogP contribution in [0.1, 0.15) is 0 Å². The van der Waals surface area contributed by atoms with Crippen molar-refractivity contribution in [3.8, 4) is 16.9 Å². The molecule has 6 nitrogen and oxygen atoms in total. The smallest absolute Gasteiger partial charge is 0.346 e. The summed E-state index contributed by atoms with van der Waals surface area (Å²) in [6.45, 7) is 0. The predicted molar refractivity (Wildman–Crippen MR) is 92.8 cm³/mol. The molecule has 7 heteroatoms. The monoisotopic (exact) mass is 355 g/mol. The average Bonchev–Trinajstić information content (AvgIpc) is 2.63. The Bertz CT molecular complexity index is 999. The van der Waals surface area contributed by atoms with Crippen LogP contribution in [0.5, 0.6) is 5.75 Å². The van der Waals surface area contributed by atoms with Crippen molar-refractivity contribution < 1.29 is 17.5 Å². The molecule has 3 aromatic rings. The van der Waals surface area contributed by atoms with Gasteiger partial charge < -0.3 is 4.18 Å². The van der Waals surface area contributed by atoms with Gasteiger partial charge in [-0.1, -0.05) is 54.6 Å². The maximum Gasteiger partial charge on any atom is 0.346 e. The maximum absolute atomic E-state index is 12.4. The van der Waals surface area contributed by atoms with Crippen LogP contribution in [0.25, 0.3) is 11.1 Å². The first-order valence-electron chi connectivity index (χ1n) is 7.31. The molecule has 0 aliphatic carbocycles. The zero-order chi connectivity index (χ0) is 17.9. The Morgan fingerprint density at radius 3 is 1.96 bits per heavy atom. The van der Waals surface area contributed by atoms with Gasteiger partial charge in [0.15, 0.2) is 4.90 Å². The molecule has 0 radical (unpaired) electrons. The lowest BCUT2D eigenvalue weighted by molar-refractivity contribution is -0.387. The second-order valence-corrected chi connectivity index (χ2v) is 6.67. The van der Waals surface area contributed by atoms with E-state index >= 15 is 0 Å². The van der Waals surface area contributed by atoms with E-state index in [2.05, 4.69) is 0 Å². The van der Waals surface area contributed by atoms with Crippen LogP contribution in [-0.4, -0.2) is 13.3 Å². The van der Waals surface area contributed by atoms with Gasteiger partial charge in [-0.3, -0.25) is 10.1 Å². The topological polar surface area (TPSA) is 86.5 Å². The molecule has 25 heavy (non-hydrogen) atoms. The molecule has 0 N–H and O–H groups in total. The summed E-state index contributed by atoms with van der Waals surface area (Å²) in [5.74, 6) is 0.0813. The van der Waals surface area contributed by atoms with E-state index in [9.17, 15) is 18.5 Å². The third-order valence-electron chi connectivity index (χ3n) is 3.50. The minimum Gasteiger partial charge on any atom is -0.379 e. The molecule has 126 valence electrons. The quantitative estimate of drug-likeness (QED) is 0.392. The Morgan fingerprint density at radius 1 is 0.760 bits per heavy atom. The van der Waals surface area contributed by atoms with E-state index in [1.54, 1.807) is 12.1 Å². The lowest BCUT2D eigenvalue weighted by Gasteiger charge is -2.08. The highest BCUT2D eigenvalue weighted by atomic mass is 32.2. The van der Waals surface area contributed by atoms with Crippen LogP contribution in [0.2, 0.25) is 0 Å². The van der Waals surface area contributed by atoms with Crippen molar-refractivity contribution in [3.63, 3.8) is 0 Å². The highest BCUT2D eigenvalue weighted by Gasteiger charge is 2.27. The standard InChI is InChI=1S/C18H13NO5S/c20-19(21)17-8-4-5-9-18(17)25(22,23)24-16-12-10-15(11-13-16)14-6-2-1-3-7-14/h1-13H. The van der Waals surface area contributed by atoms with E-state index in [1.165, 1.54) is 24.3 Å². The fraction of sp³-hybridized carbons (Fsp3) is 0. The Morgan fingerprint density at radius 2 is 1.32 bits per heavy atom. The van der Waals surface area contributed by atoms with Gasteiger partial charge in [-0.15, -0.1) is 0 Å². The second kappa shape index (κ2) is 6.74. The Balaban J connectivity index is 1.88. The summed E-state index contributed by atoms with van der Waals surface area (Å²) < 4.78 is 29.7. The van der Waals surface area contributed by atoms with Gasteiger partial charge in [0.05, 0.1) is 4.92 Å². The molecule has 0 saturated carbocycles. The molecule has 0 aliphatic rings. The Labute approximate surface area is 144 Å². The molecular weight excluding hydrogens is 342 g/mol. The first-order valence-corrected chi connectivity index (χ1v) is 8.71. The van der Waals surface area contributed by atoms with Crippen molar-refractivity contribution >= 4 is 15.8 Å². The van der Waals surface area contributed by atoms with Crippen molar-refractivity contribution in [3.05, 3.63) is 89.0 Å². The summed E-state index contributed by atoms with van der Waals surface area (Å²) in [6.07, 6.45) is 0. The molecule has 0 amide bonds. The van der Waals surface area contributed by atoms with Gasteiger partial charge >= 0.3 is 10.1 Å². The van der Waals surface area contributed by atoms with Crippen molar-refractivity contribution in [2.24, 2.45) is 0 Å². The molecule has 0 unspecified atom stereocenters. The van der Waals surface area contributed by atoms with Crippen LogP contribution in [-0.2, 0) is 10.1 Å². The number of nitro benzene ring substituents is 1. The molecule has 0 bridgehead atoms. The summed E-state index contributed by atoms with van der Waals surface area (Å²) in [4.78, 5) is 9.77. The van der Waals surface area contributed by atoms with Crippen molar-refractivity contribution in [2.75, 3.05) is 0 Å². The summed E-state index contributed by atoms with van der Waals surface area (Å²) >= 11 is 0. The largest absolute Gasteiger partial charge is 0.379 e. The lowest BCUT2D eigenvalue weighted by atomic mass is 10.1. The third kappa shape index (κ3) is 3.67. The number of nitrogens with zero attached hydrogens (tertiary/aromatic N) is 1. The molecule has 0 fully saturated rings. The first kappa shape index (κ1) is 16.7. The Kier molecular flexibility index (Phi) is 4.49. The molecule has 3 rings (SSSR count). The van der Waals surface area contributed by atoms with Crippen molar-refractivity contribution in [2.45, 2.75) is 4.90 Å². The lowest BCUT2D eigenvalue weighted by Crippen LogP contribution is -2.11. The minimum atomic E-state index is -4.31. The van der Waals surface area contributed by atoms with Gasteiger partial charge in [0.1, 0.15) is 5.75 Å². The van der Waals surface area contributed by atoms with E-state index in [0.717, 1.165) is 23.3 Å². The minimum absolute atomic E-state index is 0.0813. The molecule has 0 atom stereocenters. The summed E-state index contributed by atoms with van der Waals surface area (Å²) in [5.41, 5.74) is 1.36. The van der Waals surface area contributed by atoms with Crippen LogP contribution in [0.4, 0.5) is 5.69 Å². The summed E-state index contributed by atoms with van der Waals surface area (Å²) in [5, 5.41) is 11.0. The van der Waals surface area contributed by atoms with Crippen LogP contribution in [0.3, 0.4) is 0 Å². The first-order chi connectivity index (χ1) is 12.0. The number of benzene rings is 3. The molecule has 3 aromatic carbocycles. The average molecular weight is 355 g/mol. The van der Waals surface area contributed by atoms with Crippen LogP contribution in [0, 0.1) is 10.1 Å². The molecule has 0 saturated heterocycles. The van der Waals surface area contributed by atoms with Gasteiger partial charge in [-0.25, -0.2) is 0 Å².